The fourth-order valence-electron chi connectivity index (χ4n) is 4.23. The first kappa shape index (κ1) is 23.5. The molecule has 0 saturated carbocycles. The lowest BCUT2D eigenvalue weighted by Gasteiger charge is -2.38. The van der Waals surface area contributed by atoms with E-state index in [-0.39, 0.29) is 36.2 Å². The van der Waals surface area contributed by atoms with E-state index in [0.29, 0.717) is 24.6 Å². The first-order chi connectivity index (χ1) is 16.4. The normalized spacial score (nSPS) is 15.2. The van der Waals surface area contributed by atoms with E-state index in [1.165, 1.54) is 17.4 Å². The first-order valence-electron chi connectivity index (χ1n) is 11.7. The van der Waals surface area contributed by atoms with Gasteiger partial charge in [0.2, 0.25) is 11.8 Å². The largest absolute Gasteiger partial charge is 0.484 e. The van der Waals surface area contributed by atoms with Crippen molar-refractivity contribution in [2.24, 2.45) is 0 Å². The molecule has 0 saturated heterocycles. The molecule has 1 N–H and O–H groups in total. The number of oxazole rings is 1. The second-order valence-electron chi connectivity index (χ2n) is 8.91. The molecule has 0 radical (unpaired) electrons. The van der Waals surface area contributed by atoms with Crippen LogP contribution in [0.25, 0.3) is 0 Å². The molecule has 178 valence electrons. The van der Waals surface area contributed by atoms with Gasteiger partial charge >= 0.3 is 0 Å². The van der Waals surface area contributed by atoms with Crippen LogP contribution in [-0.2, 0) is 17.8 Å². The van der Waals surface area contributed by atoms with Crippen molar-refractivity contribution in [1.29, 1.82) is 0 Å². The number of rotatable bonds is 7. The lowest BCUT2D eigenvalue weighted by atomic mass is 9.87. The maximum atomic E-state index is 12.8. The van der Waals surface area contributed by atoms with Crippen molar-refractivity contribution in [3.05, 3.63) is 82.6 Å². The van der Waals surface area contributed by atoms with Gasteiger partial charge in [0.25, 0.3) is 5.91 Å². The van der Waals surface area contributed by atoms with Gasteiger partial charge in [0.05, 0.1) is 6.04 Å². The number of carbonyl (C=O) groups excluding carboxylic acids is 2. The molecule has 1 aliphatic heterocycles. The summed E-state index contributed by atoms with van der Waals surface area (Å²) in [5.41, 5.74) is 4.77. The van der Waals surface area contributed by atoms with Crippen LogP contribution in [0.3, 0.4) is 0 Å². The first-order valence-corrected chi connectivity index (χ1v) is 11.7. The minimum atomic E-state index is -0.277. The van der Waals surface area contributed by atoms with Crippen LogP contribution in [0.4, 0.5) is 0 Å². The summed E-state index contributed by atoms with van der Waals surface area (Å²) in [6.07, 6.45) is 2.60. The molecule has 2 amide bonds. The number of hydrogen-bond acceptors (Lipinski definition) is 5. The summed E-state index contributed by atoms with van der Waals surface area (Å²) in [5.74, 6) is 0.840. The number of aromatic nitrogens is 1. The molecular weight excluding hydrogens is 430 g/mol. The summed E-state index contributed by atoms with van der Waals surface area (Å²) >= 11 is 0. The lowest BCUT2D eigenvalue weighted by Crippen LogP contribution is -2.40. The smallest absolute Gasteiger partial charge is 0.273 e. The third-order valence-corrected chi connectivity index (χ3v) is 5.93. The number of aryl methyl sites for hydroxylation is 1. The average Bonchev–Trinajstić information content (AvgIpc) is 3.31. The number of amides is 2. The van der Waals surface area contributed by atoms with E-state index in [4.69, 9.17) is 9.15 Å². The van der Waals surface area contributed by atoms with Gasteiger partial charge in [-0.1, -0.05) is 42.8 Å². The second-order valence-corrected chi connectivity index (χ2v) is 8.91. The van der Waals surface area contributed by atoms with Crippen LogP contribution in [0.5, 0.6) is 5.75 Å². The van der Waals surface area contributed by atoms with E-state index >= 15 is 0 Å². The zero-order chi connectivity index (χ0) is 24.2. The predicted octanol–water partition coefficient (Wildman–Crippen LogP) is 4.58. The topological polar surface area (TPSA) is 84.7 Å². The Hall–Kier alpha value is -3.61. The van der Waals surface area contributed by atoms with Gasteiger partial charge < -0.3 is 19.4 Å². The molecule has 0 spiro atoms. The monoisotopic (exact) mass is 461 g/mol. The molecule has 0 aliphatic carbocycles. The van der Waals surface area contributed by atoms with Gasteiger partial charge in [-0.2, -0.15) is 0 Å². The van der Waals surface area contributed by atoms with E-state index in [1.54, 1.807) is 0 Å². The Morgan fingerprint density at radius 2 is 1.97 bits per heavy atom. The Labute approximate surface area is 200 Å². The highest BCUT2D eigenvalue weighted by molar-refractivity contribution is 5.92. The average molecular weight is 462 g/mol. The van der Waals surface area contributed by atoms with Crippen molar-refractivity contribution in [2.45, 2.75) is 59.2 Å². The van der Waals surface area contributed by atoms with Gasteiger partial charge in [-0.3, -0.25) is 9.59 Å². The minimum absolute atomic E-state index is 0.0139. The molecular formula is C27H31N3O4. The molecule has 7 heteroatoms. The SMILES string of the molecule is CCC(=O)N1CCc2ccc(OCc3nc(C(=O)NC(C)C)co3)cc2C1c1ccc(C)cc1. The summed E-state index contributed by atoms with van der Waals surface area (Å²) in [4.78, 5) is 31.1. The fraction of sp³-hybridized carbons (Fsp3) is 0.370. The van der Waals surface area contributed by atoms with Gasteiger partial charge in [0, 0.05) is 19.0 Å². The predicted molar refractivity (Wildman–Crippen MR) is 129 cm³/mol. The Morgan fingerprint density at radius 1 is 1.21 bits per heavy atom. The maximum Gasteiger partial charge on any atom is 0.273 e. The highest BCUT2D eigenvalue weighted by Gasteiger charge is 2.31. The number of benzene rings is 2. The molecule has 4 rings (SSSR count). The molecule has 1 aliphatic rings. The number of carbonyl (C=O) groups is 2. The van der Waals surface area contributed by atoms with Crippen molar-refractivity contribution in [1.82, 2.24) is 15.2 Å². The number of hydrogen-bond donors (Lipinski definition) is 1. The Balaban J connectivity index is 1.57. The third kappa shape index (κ3) is 5.14. The highest BCUT2D eigenvalue weighted by Crippen LogP contribution is 2.37. The quantitative estimate of drug-likeness (QED) is 0.557. The maximum absolute atomic E-state index is 12.8. The fourth-order valence-corrected chi connectivity index (χ4v) is 4.23. The van der Waals surface area contributed by atoms with Crippen molar-refractivity contribution >= 4 is 11.8 Å². The third-order valence-electron chi connectivity index (χ3n) is 5.93. The molecule has 7 nitrogen and oxygen atoms in total. The highest BCUT2D eigenvalue weighted by atomic mass is 16.5. The Kier molecular flexibility index (Phi) is 7.01. The van der Waals surface area contributed by atoms with Crippen molar-refractivity contribution in [2.75, 3.05) is 6.54 Å². The van der Waals surface area contributed by atoms with Gasteiger partial charge in [-0.25, -0.2) is 4.98 Å². The van der Waals surface area contributed by atoms with Gasteiger partial charge in [-0.05, 0) is 56.0 Å². The van der Waals surface area contributed by atoms with Crippen LogP contribution in [0, 0.1) is 6.92 Å². The van der Waals surface area contributed by atoms with E-state index in [2.05, 4.69) is 47.6 Å². The Morgan fingerprint density at radius 3 is 2.68 bits per heavy atom. The lowest BCUT2D eigenvalue weighted by molar-refractivity contribution is -0.132. The van der Waals surface area contributed by atoms with E-state index in [0.717, 1.165) is 17.5 Å². The van der Waals surface area contributed by atoms with Gasteiger partial charge in [0.1, 0.15) is 12.0 Å². The molecule has 1 unspecified atom stereocenters. The molecule has 2 heterocycles. The summed E-state index contributed by atoms with van der Waals surface area (Å²) < 4.78 is 11.4. The number of nitrogens with one attached hydrogen (secondary N) is 1. The molecule has 2 aromatic carbocycles. The molecule has 1 aromatic heterocycles. The molecule has 1 atom stereocenters. The summed E-state index contributed by atoms with van der Waals surface area (Å²) in [6.45, 7) is 8.51. The van der Waals surface area contributed by atoms with Crippen LogP contribution >= 0.6 is 0 Å². The molecule has 3 aromatic rings. The van der Waals surface area contributed by atoms with Crippen molar-refractivity contribution < 1.29 is 18.7 Å². The molecule has 34 heavy (non-hydrogen) atoms. The number of fused-ring (bicyclic) bond motifs is 1. The molecule has 0 fully saturated rings. The Bertz CT molecular complexity index is 1170. The second kappa shape index (κ2) is 10.1. The van der Waals surface area contributed by atoms with Crippen molar-refractivity contribution in [3.63, 3.8) is 0 Å². The summed E-state index contributed by atoms with van der Waals surface area (Å²) in [6, 6.07) is 14.2. The van der Waals surface area contributed by atoms with Crippen LogP contribution in [0.1, 0.15) is 71.9 Å². The van der Waals surface area contributed by atoms with Gasteiger partial charge in [0.15, 0.2) is 12.3 Å². The van der Waals surface area contributed by atoms with Crippen LogP contribution in [-0.4, -0.2) is 34.3 Å². The van der Waals surface area contributed by atoms with Crippen LogP contribution in [0.2, 0.25) is 0 Å². The standard InChI is InChI=1S/C27H31N3O4/c1-5-25(31)30-13-12-19-10-11-21(14-22(19)26(30)20-8-6-18(4)7-9-20)33-16-24-29-23(15-34-24)27(32)28-17(2)3/h6-11,14-15,17,26H,5,12-13,16H2,1-4H3,(H,28,32). The van der Waals surface area contributed by atoms with E-state index < -0.39 is 0 Å². The van der Waals surface area contributed by atoms with Crippen LogP contribution < -0.4 is 10.1 Å². The van der Waals surface area contributed by atoms with E-state index in [9.17, 15) is 9.59 Å². The minimum Gasteiger partial charge on any atom is -0.484 e. The van der Waals surface area contributed by atoms with Gasteiger partial charge in [-0.15, -0.1) is 0 Å². The van der Waals surface area contributed by atoms with Crippen LogP contribution in [0.15, 0.2) is 53.1 Å². The zero-order valence-corrected chi connectivity index (χ0v) is 20.1. The summed E-state index contributed by atoms with van der Waals surface area (Å²) in [5, 5.41) is 2.79. The number of nitrogens with zero attached hydrogens (tertiary/aromatic N) is 2. The van der Waals surface area contributed by atoms with Crippen molar-refractivity contribution in [3.8, 4) is 5.75 Å². The summed E-state index contributed by atoms with van der Waals surface area (Å²) in [7, 11) is 0. The molecule has 0 bridgehead atoms. The zero-order valence-electron chi connectivity index (χ0n) is 20.1. The van der Waals surface area contributed by atoms with E-state index in [1.807, 2.05) is 37.8 Å². The number of ether oxygens (including phenoxy) is 1.